The summed E-state index contributed by atoms with van der Waals surface area (Å²) < 4.78 is 0. The van der Waals surface area contributed by atoms with Crippen LogP contribution in [0, 0.1) is 6.92 Å². The van der Waals surface area contributed by atoms with E-state index in [-0.39, 0.29) is 11.7 Å². The number of aryl methyl sites for hydroxylation is 1. The van der Waals surface area contributed by atoms with Crippen LogP contribution < -0.4 is 11.1 Å². The summed E-state index contributed by atoms with van der Waals surface area (Å²) in [6.07, 6.45) is 0.307. The highest BCUT2D eigenvalue weighted by molar-refractivity contribution is 7.10. The summed E-state index contributed by atoms with van der Waals surface area (Å²) in [4.78, 5) is 13.0. The molecule has 0 spiro atoms. The molecular formula is C14H15N3O2S. The second kappa shape index (κ2) is 6.21. The van der Waals surface area contributed by atoms with Crippen LogP contribution in [0.1, 0.15) is 16.0 Å². The number of rotatable bonds is 4. The van der Waals surface area contributed by atoms with Crippen LogP contribution in [0.15, 0.2) is 40.9 Å². The average Bonchev–Trinajstić information content (AvgIpc) is 2.91. The van der Waals surface area contributed by atoms with E-state index >= 15 is 0 Å². The van der Waals surface area contributed by atoms with E-state index < -0.39 is 0 Å². The molecule has 6 heteroatoms. The predicted molar refractivity (Wildman–Crippen MR) is 80.3 cm³/mol. The van der Waals surface area contributed by atoms with Gasteiger partial charge in [-0.1, -0.05) is 23.4 Å². The number of oxime groups is 1. The molecular weight excluding hydrogens is 274 g/mol. The minimum absolute atomic E-state index is 0.0190. The number of thiophene rings is 1. The third-order valence-corrected chi connectivity index (χ3v) is 3.70. The zero-order valence-corrected chi connectivity index (χ0v) is 11.8. The molecule has 5 nitrogen and oxygen atoms in total. The maximum atomic E-state index is 12.0. The lowest BCUT2D eigenvalue weighted by atomic mass is 10.1. The molecule has 0 aliphatic rings. The van der Waals surface area contributed by atoms with Gasteiger partial charge in [0, 0.05) is 10.4 Å². The molecule has 1 amide bonds. The summed E-state index contributed by atoms with van der Waals surface area (Å²) in [7, 11) is 0. The molecule has 1 heterocycles. The summed E-state index contributed by atoms with van der Waals surface area (Å²) in [5, 5.41) is 16.6. The van der Waals surface area contributed by atoms with Crippen molar-refractivity contribution in [2.24, 2.45) is 10.9 Å². The molecule has 0 saturated carbocycles. The van der Waals surface area contributed by atoms with Gasteiger partial charge >= 0.3 is 0 Å². The Morgan fingerprint density at radius 3 is 2.85 bits per heavy atom. The molecule has 20 heavy (non-hydrogen) atoms. The van der Waals surface area contributed by atoms with Crippen LogP contribution in [-0.4, -0.2) is 17.0 Å². The van der Waals surface area contributed by atoms with Gasteiger partial charge in [-0.25, -0.2) is 0 Å². The second-order valence-electron chi connectivity index (χ2n) is 4.29. The molecule has 1 aromatic heterocycles. The summed E-state index contributed by atoms with van der Waals surface area (Å²) in [6.45, 7) is 1.84. The lowest BCUT2D eigenvalue weighted by Gasteiger charge is -2.12. The van der Waals surface area contributed by atoms with Crippen LogP contribution in [0.5, 0.6) is 0 Å². The molecule has 0 saturated heterocycles. The molecule has 104 valence electrons. The zero-order chi connectivity index (χ0) is 14.5. The lowest BCUT2D eigenvalue weighted by Crippen LogP contribution is -2.21. The molecule has 2 aromatic rings. The summed E-state index contributed by atoms with van der Waals surface area (Å²) in [6, 6.07) is 9.19. The summed E-state index contributed by atoms with van der Waals surface area (Å²) in [5.41, 5.74) is 7.57. The van der Waals surface area contributed by atoms with Gasteiger partial charge in [-0.2, -0.15) is 0 Å². The number of nitrogens with one attached hydrogen (secondary N) is 1. The molecule has 2 rings (SSSR count). The first kappa shape index (κ1) is 14.1. The molecule has 4 N–H and O–H groups in total. The highest BCUT2D eigenvalue weighted by Crippen LogP contribution is 2.20. The first-order chi connectivity index (χ1) is 9.61. The Bertz CT molecular complexity index is 636. The minimum Gasteiger partial charge on any atom is -0.409 e. The summed E-state index contributed by atoms with van der Waals surface area (Å²) >= 11 is 1.53. The van der Waals surface area contributed by atoms with Crippen molar-refractivity contribution in [3.05, 3.63) is 51.7 Å². The van der Waals surface area contributed by atoms with E-state index in [4.69, 9.17) is 10.9 Å². The van der Waals surface area contributed by atoms with Crippen molar-refractivity contribution in [3.63, 3.8) is 0 Å². The number of nitrogens with zero attached hydrogens (tertiary/aromatic N) is 1. The van der Waals surface area contributed by atoms with Crippen LogP contribution in [0.3, 0.4) is 0 Å². The second-order valence-corrected chi connectivity index (χ2v) is 5.32. The van der Waals surface area contributed by atoms with E-state index in [0.717, 1.165) is 10.4 Å². The molecule has 0 unspecified atom stereocenters. The van der Waals surface area contributed by atoms with E-state index in [9.17, 15) is 4.79 Å². The number of carbonyl (C=O) groups excluding carboxylic acids is 1. The molecule has 0 aliphatic carbocycles. The number of benzene rings is 1. The highest BCUT2D eigenvalue weighted by atomic mass is 32.1. The Kier molecular flexibility index (Phi) is 4.37. The Labute approximate surface area is 120 Å². The van der Waals surface area contributed by atoms with Gasteiger partial charge in [0.05, 0.1) is 12.1 Å². The number of amidine groups is 1. The van der Waals surface area contributed by atoms with Gasteiger partial charge in [-0.05, 0) is 30.0 Å². The van der Waals surface area contributed by atoms with Crippen molar-refractivity contribution >= 4 is 28.8 Å². The fraction of sp³-hybridized carbons (Fsp3) is 0.143. The van der Waals surface area contributed by atoms with Crippen molar-refractivity contribution in [1.82, 2.24) is 0 Å². The van der Waals surface area contributed by atoms with Gasteiger partial charge in [0.15, 0.2) is 5.84 Å². The van der Waals surface area contributed by atoms with E-state index in [1.807, 2.05) is 36.6 Å². The van der Waals surface area contributed by atoms with E-state index in [1.54, 1.807) is 6.07 Å². The number of amides is 1. The monoisotopic (exact) mass is 289 g/mol. The SMILES string of the molecule is Cc1cccc(NC(=O)Cc2cccs2)c1/C(N)=N/O. The average molecular weight is 289 g/mol. The Morgan fingerprint density at radius 2 is 2.20 bits per heavy atom. The Hall–Kier alpha value is -2.34. The number of hydrogen-bond acceptors (Lipinski definition) is 4. The van der Waals surface area contributed by atoms with Crippen LogP contribution >= 0.6 is 11.3 Å². The lowest BCUT2D eigenvalue weighted by molar-refractivity contribution is -0.115. The van der Waals surface area contributed by atoms with E-state index in [0.29, 0.717) is 17.7 Å². The van der Waals surface area contributed by atoms with Crippen LogP contribution in [-0.2, 0) is 11.2 Å². The fourth-order valence-electron chi connectivity index (χ4n) is 1.93. The first-order valence-electron chi connectivity index (χ1n) is 6.01. The standard InChI is InChI=1S/C14H15N3O2S/c1-9-4-2-6-11(13(9)14(15)17-19)16-12(18)8-10-5-3-7-20-10/h2-7,19H,8H2,1H3,(H2,15,17)(H,16,18). The van der Waals surface area contributed by atoms with Crippen molar-refractivity contribution in [3.8, 4) is 0 Å². The first-order valence-corrected chi connectivity index (χ1v) is 6.89. The van der Waals surface area contributed by atoms with Gasteiger partial charge in [0.2, 0.25) is 5.91 Å². The maximum absolute atomic E-state index is 12.0. The topological polar surface area (TPSA) is 87.7 Å². The predicted octanol–water partition coefficient (Wildman–Crippen LogP) is 2.33. The number of anilines is 1. The molecule has 0 atom stereocenters. The van der Waals surface area contributed by atoms with Crippen molar-refractivity contribution in [1.29, 1.82) is 0 Å². The van der Waals surface area contributed by atoms with Crippen molar-refractivity contribution in [2.45, 2.75) is 13.3 Å². The van der Waals surface area contributed by atoms with Crippen LogP contribution in [0.2, 0.25) is 0 Å². The van der Waals surface area contributed by atoms with Crippen molar-refractivity contribution < 1.29 is 10.0 Å². The third-order valence-electron chi connectivity index (χ3n) is 2.83. The van der Waals surface area contributed by atoms with Gasteiger partial charge in [-0.3, -0.25) is 4.79 Å². The summed E-state index contributed by atoms with van der Waals surface area (Å²) in [5.74, 6) is -0.153. The van der Waals surface area contributed by atoms with Gasteiger partial charge in [0.1, 0.15) is 0 Å². The van der Waals surface area contributed by atoms with Gasteiger partial charge in [-0.15, -0.1) is 11.3 Å². The van der Waals surface area contributed by atoms with Crippen LogP contribution in [0.25, 0.3) is 0 Å². The normalized spacial score (nSPS) is 11.3. The zero-order valence-electron chi connectivity index (χ0n) is 11.0. The molecule has 1 aromatic carbocycles. The number of nitrogens with two attached hydrogens (primary N) is 1. The van der Waals surface area contributed by atoms with E-state index in [1.165, 1.54) is 11.3 Å². The largest absolute Gasteiger partial charge is 0.409 e. The Balaban J connectivity index is 2.21. The van der Waals surface area contributed by atoms with Crippen molar-refractivity contribution in [2.75, 3.05) is 5.32 Å². The Morgan fingerprint density at radius 1 is 1.40 bits per heavy atom. The van der Waals surface area contributed by atoms with Gasteiger partial charge < -0.3 is 16.3 Å². The smallest absolute Gasteiger partial charge is 0.229 e. The number of carbonyl (C=O) groups is 1. The highest BCUT2D eigenvalue weighted by Gasteiger charge is 2.13. The molecule has 0 radical (unpaired) electrons. The van der Waals surface area contributed by atoms with Gasteiger partial charge in [0.25, 0.3) is 0 Å². The van der Waals surface area contributed by atoms with Crippen LogP contribution in [0.4, 0.5) is 5.69 Å². The third kappa shape index (κ3) is 3.16. The molecule has 0 fully saturated rings. The number of hydrogen-bond donors (Lipinski definition) is 3. The quantitative estimate of drug-likeness (QED) is 0.349. The maximum Gasteiger partial charge on any atom is 0.229 e. The molecule has 0 bridgehead atoms. The molecule has 0 aliphatic heterocycles. The van der Waals surface area contributed by atoms with E-state index in [2.05, 4.69) is 10.5 Å². The fourth-order valence-corrected chi connectivity index (χ4v) is 2.63. The minimum atomic E-state index is -0.134.